The van der Waals surface area contributed by atoms with Crippen LogP contribution in [0.4, 0.5) is 4.39 Å². The maximum atomic E-state index is 14.1. The van der Waals surface area contributed by atoms with Gasteiger partial charge in [0.05, 0.1) is 22.3 Å². The van der Waals surface area contributed by atoms with E-state index < -0.39 is 0 Å². The van der Waals surface area contributed by atoms with Gasteiger partial charge in [-0.25, -0.2) is 9.07 Å². The van der Waals surface area contributed by atoms with E-state index in [4.69, 9.17) is 39.5 Å². The molecule has 1 aromatic heterocycles. The van der Waals surface area contributed by atoms with Gasteiger partial charge in [0, 0.05) is 30.2 Å². The first-order valence-electron chi connectivity index (χ1n) is 11.2. The molecule has 5 rings (SSSR count). The Morgan fingerprint density at radius 2 is 1.74 bits per heavy atom. The minimum Gasteiger partial charge on any atom is -0.488 e. The van der Waals surface area contributed by atoms with Crippen LogP contribution in [0.2, 0.25) is 15.1 Å². The second-order valence-electron chi connectivity index (χ2n) is 8.57. The Morgan fingerprint density at radius 1 is 0.943 bits per heavy atom. The van der Waals surface area contributed by atoms with Crippen LogP contribution in [-0.4, -0.2) is 33.0 Å². The van der Waals surface area contributed by atoms with Crippen LogP contribution in [0, 0.1) is 5.82 Å². The van der Waals surface area contributed by atoms with Crippen molar-refractivity contribution in [2.75, 3.05) is 13.1 Å². The zero-order valence-electron chi connectivity index (χ0n) is 18.7. The summed E-state index contributed by atoms with van der Waals surface area (Å²) in [7, 11) is 0. The molecule has 1 saturated heterocycles. The molecular weight excluding hydrogens is 510 g/mol. The lowest BCUT2D eigenvalue weighted by Crippen LogP contribution is -2.21. The standard InChI is InChI=1S/C26H22Cl3FN4O/c27-19-4-1-17(2-5-19)13-33-10-9-21(14-33)34-15-25(31-32-34)22-12-20(30)6-8-26(22)35-16-18-3-7-23(28)24(29)11-18/h1-8,11-12,15,21H,9-10,13-14,16H2. The first-order chi connectivity index (χ1) is 16.9. The molecule has 35 heavy (non-hydrogen) atoms. The molecule has 0 amide bonds. The number of aromatic nitrogens is 3. The number of rotatable bonds is 7. The number of nitrogens with zero attached hydrogens (tertiary/aromatic N) is 4. The SMILES string of the molecule is Fc1ccc(OCc2ccc(Cl)c(Cl)c2)c(-c2cn(C3CCN(Cc4ccc(Cl)cc4)C3)nn2)c1. The molecule has 0 saturated carbocycles. The lowest BCUT2D eigenvalue weighted by atomic mass is 10.1. The molecule has 9 heteroatoms. The van der Waals surface area contributed by atoms with Gasteiger partial charge in [-0.3, -0.25) is 4.90 Å². The van der Waals surface area contributed by atoms with Gasteiger partial charge in [-0.2, -0.15) is 0 Å². The second-order valence-corrected chi connectivity index (χ2v) is 9.82. The van der Waals surface area contributed by atoms with Crippen molar-refractivity contribution in [2.24, 2.45) is 0 Å². The number of benzene rings is 3. The average Bonchev–Trinajstić information content (AvgIpc) is 3.52. The summed E-state index contributed by atoms with van der Waals surface area (Å²) in [5.41, 5.74) is 3.18. The monoisotopic (exact) mass is 530 g/mol. The van der Waals surface area contributed by atoms with Crippen molar-refractivity contribution < 1.29 is 9.13 Å². The van der Waals surface area contributed by atoms with Gasteiger partial charge in [0.2, 0.25) is 0 Å². The summed E-state index contributed by atoms with van der Waals surface area (Å²) in [6, 6.07) is 17.8. The van der Waals surface area contributed by atoms with Crippen LogP contribution in [0.15, 0.2) is 66.9 Å². The molecule has 0 radical (unpaired) electrons. The molecule has 0 aliphatic carbocycles. The third-order valence-corrected chi connectivity index (χ3v) is 7.04. The molecule has 0 N–H and O–H groups in total. The maximum Gasteiger partial charge on any atom is 0.129 e. The molecule has 0 spiro atoms. The first kappa shape index (κ1) is 24.1. The highest BCUT2D eigenvalue weighted by Crippen LogP contribution is 2.32. The van der Waals surface area contributed by atoms with Crippen LogP contribution in [0.5, 0.6) is 5.75 Å². The minimum absolute atomic E-state index is 0.192. The highest BCUT2D eigenvalue weighted by molar-refractivity contribution is 6.42. The Bertz CT molecular complexity index is 1330. The highest BCUT2D eigenvalue weighted by atomic mass is 35.5. The summed E-state index contributed by atoms with van der Waals surface area (Å²) >= 11 is 18.1. The summed E-state index contributed by atoms with van der Waals surface area (Å²) in [6.45, 7) is 2.92. The normalized spacial score (nSPS) is 16.1. The number of hydrogen-bond donors (Lipinski definition) is 0. The number of likely N-dealkylation sites (tertiary alicyclic amines) is 1. The summed E-state index contributed by atoms with van der Waals surface area (Å²) in [6.07, 6.45) is 2.82. The lowest BCUT2D eigenvalue weighted by Gasteiger charge is -2.16. The van der Waals surface area contributed by atoms with E-state index in [1.165, 1.54) is 17.7 Å². The van der Waals surface area contributed by atoms with Gasteiger partial charge < -0.3 is 4.74 Å². The van der Waals surface area contributed by atoms with Crippen LogP contribution >= 0.6 is 34.8 Å². The van der Waals surface area contributed by atoms with Crippen LogP contribution in [-0.2, 0) is 13.2 Å². The van der Waals surface area contributed by atoms with Gasteiger partial charge in [-0.15, -0.1) is 5.10 Å². The average molecular weight is 532 g/mol. The molecular formula is C26H22Cl3FN4O. The van der Waals surface area contributed by atoms with E-state index in [9.17, 15) is 4.39 Å². The Kier molecular flexibility index (Phi) is 7.25. The summed E-state index contributed by atoms with van der Waals surface area (Å²) in [5, 5.41) is 10.3. The fraction of sp³-hybridized carbons (Fsp3) is 0.231. The number of halogens is 4. The van der Waals surface area contributed by atoms with E-state index in [1.54, 1.807) is 18.2 Å². The second kappa shape index (κ2) is 10.5. The molecule has 2 heterocycles. The molecule has 1 fully saturated rings. The van der Waals surface area contributed by atoms with Gasteiger partial charge in [0.1, 0.15) is 23.9 Å². The fourth-order valence-electron chi connectivity index (χ4n) is 4.22. The van der Waals surface area contributed by atoms with Crippen molar-refractivity contribution in [2.45, 2.75) is 25.6 Å². The summed E-state index contributed by atoms with van der Waals surface area (Å²) in [5.74, 6) is 0.145. The molecule has 180 valence electrons. The van der Waals surface area contributed by atoms with Crippen LogP contribution in [0.1, 0.15) is 23.6 Å². The summed E-state index contributed by atoms with van der Waals surface area (Å²) in [4.78, 5) is 2.38. The fourth-order valence-corrected chi connectivity index (χ4v) is 4.66. The Labute approximate surface area is 218 Å². The molecule has 1 unspecified atom stereocenters. The highest BCUT2D eigenvalue weighted by Gasteiger charge is 2.25. The number of hydrogen-bond acceptors (Lipinski definition) is 4. The minimum atomic E-state index is -0.369. The third-order valence-electron chi connectivity index (χ3n) is 6.05. The van der Waals surface area contributed by atoms with E-state index in [0.717, 1.165) is 36.6 Å². The van der Waals surface area contributed by atoms with E-state index in [1.807, 2.05) is 41.2 Å². The van der Waals surface area contributed by atoms with E-state index >= 15 is 0 Å². The van der Waals surface area contributed by atoms with Crippen LogP contribution in [0.3, 0.4) is 0 Å². The van der Waals surface area contributed by atoms with Crippen molar-refractivity contribution in [3.8, 4) is 17.0 Å². The lowest BCUT2D eigenvalue weighted by molar-refractivity contribution is 0.307. The zero-order chi connectivity index (χ0) is 24.4. The smallest absolute Gasteiger partial charge is 0.129 e. The van der Waals surface area contributed by atoms with Crippen molar-refractivity contribution in [3.63, 3.8) is 0 Å². The van der Waals surface area contributed by atoms with Gasteiger partial charge in [0.15, 0.2) is 0 Å². The molecule has 4 aromatic rings. The topological polar surface area (TPSA) is 43.2 Å². The van der Waals surface area contributed by atoms with E-state index in [2.05, 4.69) is 15.2 Å². The molecule has 5 nitrogen and oxygen atoms in total. The number of ether oxygens (including phenoxy) is 1. The van der Waals surface area contributed by atoms with Crippen molar-refractivity contribution in [3.05, 3.63) is 98.9 Å². The largest absolute Gasteiger partial charge is 0.488 e. The predicted octanol–water partition coefficient (Wildman–Crippen LogP) is 7.07. The van der Waals surface area contributed by atoms with Crippen molar-refractivity contribution in [1.29, 1.82) is 0 Å². The molecule has 1 atom stereocenters. The molecule has 0 bridgehead atoms. The van der Waals surface area contributed by atoms with Gasteiger partial charge in [0.25, 0.3) is 0 Å². The first-order valence-corrected chi connectivity index (χ1v) is 12.3. The zero-order valence-corrected chi connectivity index (χ0v) is 20.9. The van der Waals surface area contributed by atoms with Gasteiger partial charge in [-0.1, -0.05) is 58.2 Å². The Hall–Kier alpha value is -2.64. The van der Waals surface area contributed by atoms with E-state index in [0.29, 0.717) is 27.1 Å². The molecule has 1 aliphatic rings. The third kappa shape index (κ3) is 5.78. The maximum absolute atomic E-state index is 14.1. The van der Waals surface area contributed by atoms with Crippen molar-refractivity contribution in [1.82, 2.24) is 19.9 Å². The van der Waals surface area contributed by atoms with Crippen LogP contribution in [0.25, 0.3) is 11.3 Å². The van der Waals surface area contributed by atoms with Crippen molar-refractivity contribution >= 4 is 34.8 Å². The molecule has 1 aliphatic heterocycles. The summed E-state index contributed by atoms with van der Waals surface area (Å²) < 4.78 is 22.0. The molecule has 3 aromatic carbocycles. The van der Waals surface area contributed by atoms with Gasteiger partial charge >= 0.3 is 0 Å². The Morgan fingerprint density at radius 3 is 2.54 bits per heavy atom. The predicted molar refractivity (Wildman–Crippen MR) is 137 cm³/mol. The van der Waals surface area contributed by atoms with E-state index in [-0.39, 0.29) is 18.5 Å². The van der Waals surface area contributed by atoms with Crippen LogP contribution < -0.4 is 4.74 Å². The quantitative estimate of drug-likeness (QED) is 0.256. The van der Waals surface area contributed by atoms with Gasteiger partial charge in [-0.05, 0) is 60.0 Å². The Balaban J connectivity index is 1.28.